The van der Waals surface area contributed by atoms with Gasteiger partial charge in [-0.1, -0.05) is 12.1 Å². The Morgan fingerprint density at radius 3 is 2.83 bits per heavy atom. The molecule has 150 valence electrons. The maximum absolute atomic E-state index is 13.0. The van der Waals surface area contributed by atoms with Gasteiger partial charge in [-0.3, -0.25) is 9.20 Å². The Morgan fingerprint density at radius 1 is 1.34 bits per heavy atom. The Labute approximate surface area is 167 Å². The lowest BCUT2D eigenvalue weighted by atomic mass is 10.1. The summed E-state index contributed by atoms with van der Waals surface area (Å²) in [6.45, 7) is 2.18. The second kappa shape index (κ2) is 7.03. The molecule has 1 amide bonds. The third-order valence-electron chi connectivity index (χ3n) is 4.40. The highest BCUT2D eigenvalue weighted by Gasteiger charge is 2.30. The summed E-state index contributed by atoms with van der Waals surface area (Å²) in [6, 6.07) is 4.98. The number of benzene rings is 1. The van der Waals surface area contributed by atoms with Crippen LogP contribution in [0.3, 0.4) is 0 Å². The van der Waals surface area contributed by atoms with E-state index in [2.05, 4.69) is 15.0 Å². The molecule has 0 aliphatic rings. The predicted octanol–water partition coefficient (Wildman–Crippen LogP) is 4.39. The second-order valence-electron chi connectivity index (χ2n) is 6.65. The zero-order valence-corrected chi connectivity index (χ0v) is 16.3. The number of carbonyl (C=O) groups is 1. The van der Waals surface area contributed by atoms with Gasteiger partial charge in [-0.2, -0.15) is 13.2 Å². The van der Waals surface area contributed by atoms with Gasteiger partial charge in [-0.05, 0) is 19.1 Å². The van der Waals surface area contributed by atoms with Crippen LogP contribution in [0, 0.1) is 6.92 Å². The molecule has 4 rings (SSSR count). The van der Waals surface area contributed by atoms with Crippen molar-refractivity contribution in [2.75, 3.05) is 7.05 Å². The highest BCUT2D eigenvalue weighted by atomic mass is 32.1. The van der Waals surface area contributed by atoms with Gasteiger partial charge < -0.3 is 9.88 Å². The molecule has 6 nitrogen and oxygen atoms in total. The van der Waals surface area contributed by atoms with Crippen LogP contribution in [-0.2, 0) is 12.7 Å². The van der Waals surface area contributed by atoms with Gasteiger partial charge in [0.25, 0.3) is 5.91 Å². The van der Waals surface area contributed by atoms with Gasteiger partial charge in [0.1, 0.15) is 11.5 Å². The quantitative estimate of drug-likeness (QED) is 0.534. The number of thiazole rings is 1. The number of nitrogens with one attached hydrogen (secondary N) is 1. The lowest BCUT2D eigenvalue weighted by Gasteiger charge is -2.15. The summed E-state index contributed by atoms with van der Waals surface area (Å²) in [7, 11) is 1.66. The summed E-state index contributed by atoms with van der Waals surface area (Å²) in [4.78, 5) is 26.6. The number of rotatable bonds is 4. The maximum atomic E-state index is 13.0. The molecule has 1 aromatic carbocycles. The molecular weight excluding hydrogens is 403 g/mol. The van der Waals surface area contributed by atoms with E-state index in [1.165, 1.54) is 22.3 Å². The molecule has 0 unspecified atom stereocenters. The minimum atomic E-state index is -4.43. The summed E-state index contributed by atoms with van der Waals surface area (Å²) in [6.07, 6.45) is -1.16. The van der Waals surface area contributed by atoms with Crippen molar-refractivity contribution in [2.24, 2.45) is 0 Å². The molecule has 29 heavy (non-hydrogen) atoms. The smallest absolute Gasteiger partial charge is 0.345 e. The van der Waals surface area contributed by atoms with Crippen molar-refractivity contribution in [3.05, 3.63) is 64.8 Å². The van der Waals surface area contributed by atoms with Crippen molar-refractivity contribution in [1.82, 2.24) is 24.3 Å². The van der Waals surface area contributed by atoms with E-state index in [-0.39, 0.29) is 5.91 Å². The number of aromatic nitrogens is 4. The first kappa shape index (κ1) is 19.2. The zero-order valence-electron chi connectivity index (χ0n) is 15.5. The summed E-state index contributed by atoms with van der Waals surface area (Å²) in [5, 5.41) is 1.68. The standard InChI is InChI=1S/C19H16F3N5OS/c1-11-7-23-16(24-11)9-26(2)17(28)15-10-29-18-25-14(8-27(15)18)12-4-3-5-13(6-12)19(20,21)22/h3-8,10H,9H2,1-2H3,(H,23,24). The molecule has 4 aromatic rings. The van der Waals surface area contributed by atoms with Crippen LogP contribution in [0.4, 0.5) is 13.2 Å². The number of hydrogen-bond acceptors (Lipinski definition) is 4. The summed E-state index contributed by atoms with van der Waals surface area (Å²) in [5.41, 5.74) is 1.27. The Hall–Kier alpha value is -3.14. The molecule has 0 saturated heterocycles. The molecule has 0 atom stereocenters. The van der Waals surface area contributed by atoms with Crippen LogP contribution in [-0.4, -0.2) is 37.2 Å². The van der Waals surface area contributed by atoms with Gasteiger partial charge >= 0.3 is 6.18 Å². The van der Waals surface area contributed by atoms with Gasteiger partial charge in [0.15, 0.2) is 4.96 Å². The molecule has 0 saturated carbocycles. The molecule has 1 N–H and O–H groups in total. The van der Waals surface area contributed by atoms with Crippen LogP contribution in [0.15, 0.2) is 42.0 Å². The van der Waals surface area contributed by atoms with E-state index in [4.69, 9.17) is 0 Å². The van der Waals surface area contributed by atoms with Gasteiger partial charge in [-0.25, -0.2) is 9.97 Å². The number of hydrogen-bond donors (Lipinski definition) is 1. The molecule has 10 heteroatoms. The van der Waals surface area contributed by atoms with E-state index in [1.54, 1.807) is 35.3 Å². The maximum Gasteiger partial charge on any atom is 0.416 e. The molecule has 3 heterocycles. The number of fused-ring (bicyclic) bond motifs is 1. The molecule has 3 aromatic heterocycles. The van der Waals surface area contributed by atoms with E-state index in [0.29, 0.717) is 34.3 Å². The molecule has 0 aliphatic heterocycles. The number of imidazole rings is 2. The number of carbonyl (C=O) groups excluding carboxylic acids is 1. The number of halogens is 3. The summed E-state index contributed by atoms with van der Waals surface area (Å²) < 4.78 is 40.6. The van der Waals surface area contributed by atoms with Crippen molar-refractivity contribution in [3.63, 3.8) is 0 Å². The molecule has 0 spiro atoms. The van der Waals surface area contributed by atoms with E-state index in [1.807, 2.05) is 6.92 Å². The van der Waals surface area contributed by atoms with Crippen LogP contribution >= 0.6 is 11.3 Å². The summed E-state index contributed by atoms with van der Waals surface area (Å²) >= 11 is 1.25. The van der Waals surface area contributed by atoms with Crippen LogP contribution in [0.2, 0.25) is 0 Å². The molecule has 0 aliphatic carbocycles. The van der Waals surface area contributed by atoms with Crippen molar-refractivity contribution in [1.29, 1.82) is 0 Å². The number of nitrogens with zero attached hydrogens (tertiary/aromatic N) is 4. The van der Waals surface area contributed by atoms with Crippen LogP contribution in [0.5, 0.6) is 0 Å². The third kappa shape index (κ3) is 3.75. The first-order valence-electron chi connectivity index (χ1n) is 8.62. The third-order valence-corrected chi connectivity index (χ3v) is 5.24. The predicted molar refractivity (Wildman–Crippen MR) is 103 cm³/mol. The van der Waals surface area contributed by atoms with Gasteiger partial charge in [-0.15, -0.1) is 11.3 Å². The number of alkyl halides is 3. The Morgan fingerprint density at radius 2 is 2.14 bits per heavy atom. The number of H-pyrrole nitrogens is 1. The van der Waals surface area contributed by atoms with Crippen molar-refractivity contribution in [2.45, 2.75) is 19.6 Å². The fourth-order valence-corrected chi connectivity index (χ4v) is 3.82. The van der Waals surface area contributed by atoms with Crippen LogP contribution in [0.1, 0.15) is 27.6 Å². The topological polar surface area (TPSA) is 66.3 Å². The number of aryl methyl sites for hydroxylation is 1. The Kier molecular flexibility index (Phi) is 4.65. The molecule has 0 bridgehead atoms. The fourth-order valence-electron chi connectivity index (χ4n) is 2.97. The van der Waals surface area contributed by atoms with Crippen LogP contribution < -0.4 is 0 Å². The number of aromatic amines is 1. The van der Waals surface area contributed by atoms with E-state index >= 15 is 0 Å². The van der Waals surface area contributed by atoms with Gasteiger partial charge in [0.2, 0.25) is 0 Å². The Bertz CT molecular complexity index is 1190. The lowest BCUT2D eigenvalue weighted by Crippen LogP contribution is -2.27. The largest absolute Gasteiger partial charge is 0.416 e. The second-order valence-corrected chi connectivity index (χ2v) is 7.49. The molecule has 0 radical (unpaired) electrons. The highest BCUT2D eigenvalue weighted by Crippen LogP contribution is 2.32. The minimum absolute atomic E-state index is 0.238. The molecular formula is C19H16F3N5OS. The first-order chi connectivity index (χ1) is 13.7. The normalized spacial score (nSPS) is 11.9. The summed E-state index contributed by atoms with van der Waals surface area (Å²) in [5.74, 6) is 0.429. The van der Waals surface area contributed by atoms with Crippen molar-refractivity contribution < 1.29 is 18.0 Å². The number of amides is 1. The van der Waals surface area contributed by atoms with Crippen LogP contribution in [0.25, 0.3) is 16.2 Å². The average molecular weight is 419 g/mol. The van der Waals surface area contributed by atoms with E-state index in [9.17, 15) is 18.0 Å². The monoisotopic (exact) mass is 419 g/mol. The SMILES string of the molecule is Cc1cnc(CN(C)C(=O)c2csc3nc(-c4cccc(C(F)(F)F)c4)cn23)[nH]1. The van der Waals surface area contributed by atoms with E-state index < -0.39 is 11.7 Å². The average Bonchev–Trinajstić information content (AvgIpc) is 3.36. The minimum Gasteiger partial charge on any atom is -0.345 e. The zero-order chi connectivity index (χ0) is 20.8. The van der Waals surface area contributed by atoms with Crippen molar-refractivity contribution >= 4 is 22.2 Å². The Balaban J connectivity index is 1.63. The van der Waals surface area contributed by atoms with Crippen molar-refractivity contribution in [3.8, 4) is 11.3 Å². The fraction of sp³-hybridized carbons (Fsp3) is 0.211. The first-order valence-corrected chi connectivity index (χ1v) is 9.50. The van der Waals surface area contributed by atoms with E-state index in [0.717, 1.165) is 17.8 Å². The van der Waals surface area contributed by atoms with Gasteiger partial charge in [0.05, 0.1) is 17.8 Å². The lowest BCUT2D eigenvalue weighted by molar-refractivity contribution is -0.137. The molecule has 0 fully saturated rings. The van der Waals surface area contributed by atoms with Gasteiger partial charge in [0, 0.05) is 36.1 Å². The highest BCUT2D eigenvalue weighted by molar-refractivity contribution is 7.15.